The van der Waals surface area contributed by atoms with Gasteiger partial charge in [-0.3, -0.25) is 0 Å². The van der Waals surface area contributed by atoms with Crippen molar-refractivity contribution in [2.75, 3.05) is 0 Å². The van der Waals surface area contributed by atoms with Crippen molar-refractivity contribution in [3.8, 4) is 11.3 Å². The van der Waals surface area contributed by atoms with E-state index in [-0.39, 0.29) is 5.76 Å². The van der Waals surface area contributed by atoms with Gasteiger partial charge in [-0.05, 0) is 12.1 Å². The number of hydrogen-bond donors (Lipinski definition) is 1. The quantitative estimate of drug-likeness (QED) is 0.752. The number of fused-ring (bicyclic) bond motifs is 1. The van der Waals surface area contributed by atoms with Gasteiger partial charge in [0, 0.05) is 11.6 Å². The van der Waals surface area contributed by atoms with Crippen molar-refractivity contribution in [3.63, 3.8) is 0 Å². The van der Waals surface area contributed by atoms with Gasteiger partial charge in [0.1, 0.15) is 5.69 Å². The lowest BCUT2D eigenvalue weighted by atomic mass is 10.1. The molecule has 0 aliphatic heterocycles. The van der Waals surface area contributed by atoms with E-state index in [1.807, 2.05) is 18.2 Å². The number of hydrogen-bond acceptors (Lipinski definition) is 5. The van der Waals surface area contributed by atoms with E-state index < -0.39 is 5.97 Å². The number of aromatic nitrogens is 2. The lowest BCUT2D eigenvalue weighted by Gasteiger charge is -1.94. The van der Waals surface area contributed by atoms with Crippen molar-refractivity contribution < 1.29 is 14.4 Å². The van der Waals surface area contributed by atoms with Gasteiger partial charge in [0.15, 0.2) is 0 Å². The lowest BCUT2D eigenvalue weighted by molar-refractivity contribution is 0.0652. The maximum absolute atomic E-state index is 10.7. The van der Waals surface area contributed by atoms with Crippen LogP contribution < -0.4 is 0 Å². The molecule has 0 aliphatic carbocycles. The van der Waals surface area contributed by atoms with E-state index in [1.165, 1.54) is 6.07 Å². The third kappa shape index (κ3) is 1.68. The predicted octanol–water partition coefficient (Wildman–Crippen LogP) is 2.65. The standard InChI is InChI=1S/C11H6N2O3S/c14-11(15)9-4-7(13-16-9)6-1-2-10-8(3-6)12-5-17-10/h1-5H,(H,14,15). The molecular weight excluding hydrogens is 240 g/mol. The third-order valence-electron chi connectivity index (χ3n) is 2.35. The summed E-state index contributed by atoms with van der Waals surface area (Å²) in [6.07, 6.45) is 0. The maximum atomic E-state index is 10.7. The molecule has 0 fully saturated rings. The predicted molar refractivity (Wildman–Crippen MR) is 62.1 cm³/mol. The van der Waals surface area contributed by atoms with Gasteiger partial charge in [-0.1, -0.05) is 11.2 Å². The number of thiazole rings is 1. The molecule has 0 saturated carbocycles. The molecule has 0 unspecified atom stereocenters. The molecule has 1 aromatic carbocycles. The first-order valence-corrected chi connectivity index (χ1v) is 5.65. The Morgan fingerprint density at radius 3 is 3.00 bits per heavy atom. The van der Waals surface area contributed by atoms with Crippen molar-refractivity contribution in [3.05, 3.63) is 35.5 Å². The summed E-state index contributed by atoms with van der Waals surface area (Å²) in [4.78, 5) is 14.9. The van der Waals surface area contributed by atoms with Crippen LogP contribution in [0.15, 0.2) is 34.3 Å². The number of carboxylic acids is 1. The van der Waals surface area contributed by atoms with Gasteiger partial charge in [0.25, 0.3) is 0 Å². The molecule has 2 aromatic heterocycles. The monoisotopic (exact) mass is 246 g/mol. The average molecular weight is 246 g/mol. The minimum atomic E-state index is -1.13. The van der Waals surface area contributed by atoms with Crippen molar-refractivity contribution in [2.45, 2.75) is 0 Å². The summed E-state index contributed by atoms with van der Waals surface area (Å²) in [5.41, 5.74) is 3.92. The van der Waals surface area contributed by atoms with Crippen molar-refractivity contribution >= 4 is 27.5 Å². The molecule has 1 N–H and O–H groups in total. The van der Waals surface area contributed by atoms with E-state index in [0.29, 0.717) is 5.69 Å². The summed E-state index contributed by atoms with van der Waals surface area (Å²) in [6.45, 7) is 0. The molecule has 0 amide bonds. The van der Waals surface area contributed by atoms with E-state index in [0.717, 1.165) is 15.8 Å². The first-order chi connectivity index (χ1) is 8.24. The van der Waals surface area contributed by atoms with Gasteiger partial charge < -0.3 is 9.63 Å². The highest BCUT2D eigenvalue weighted by Crippen LogP contribution is 2.25. The number of benzene rings is 1. The van der Waals surface area contributed by atoms with Crippen LogP contribution in [-0.2, 0) is 0 Å². The van der Waals surface area contributed by atoms with Crippen LogP contribution in [0.3, 0.4) is 0 Å². The lowest BCUT2D eigenvalue weighted by Crippen LogP contribution is -1.91. The van der Waals surface area contributed by atoms with Gasteiger partial charge >= 0.3 is 5.97 Å². The topological polar surface area (TPSA) is 76.2 Å². The smallest absolute Gasteiger partial charge is 0.374 e. The summed E-state index contributed by atoms with van der Waals surface area (Å²) in [7, 11) is 0. The van der Waals surface area contributed by atoms with Crippen LogP contribution in [0.1, 0.15) is 10.6 Å². The fourth-order valence-corrected chi connectivity index (χ4v) is 2.19. The van der Waals surface area contributed by atoms with Gasteiger partial charge in [-0.15, -0.1) is 11.3 Å². The van der Waals surface area contributed by atoms with Crippen molar-refractivity contribution in [1.82, 2.24) is 10.1 Å². The zero-order chi connectivity index (χ0) is 11.8. The largest absolute Gasteiger partial charge is 0.475 e. The highest BCUT2D eigenvalue weighted by molar-refractivity contribution is 7.16. The molecule has 0 radical (unpaired) electrons. The second kappa shape index (κ2) is 3.67. The molecule has 6 heteroatoms. The summed E-state index contributed by atoms with van der Waals surface area (Å²) in [5.74, 6) is -1.29. The van der Waals surface area contributed by atoms with Crippen LogP contribution in [0.25, 0.3) is 21.5 Å². The van der Waals surface area contributed by atoms with E-state index in [2.05, 4.69) is 10.1 Å². The Bertz CT molecular complexity index is 701. The summed E-state index contributed by atoms with van der Waals surface area (Å²) >= 11 is 1.55. The zero-order valence-corrected chi connectivity index (χ0v) is 9.27. The Balaban J connectivity index is 2.09. The minimum absolute atomic E-state index is 0.168. The summed E-state index contributed by atoms with van der Waals surface area (Å²) in [5, 5.41) is 12.5. The minimum Gasteiger partial charge on any atom is -0.475 e. The SMILES string of the molecule is O=C(O)c1cc(-c2ccc3scnc3c2)no1. The molecule has 0 bridgehead atoms. The zero-order valence-electron chi connectivity index (χ0n) is 8.45. The molecule has 17 heavy (non-hydrogen) atoms. The van der Waals surface area contributed by atoms with E-state index >= 15 is 0 Å². The average Bonchev–Trinajstić information content (AvgIpc) is 2.97. The number of nitrogens with zero attached hydrogens (tertiary/aromatic N) is 2. The Morgan fingerprint density at radius 1 is 1.35 bits per heavy atom. The van der Waals surface area contributed by atoms with Crippen LogP contribution in [0.2, 0.25) is 0 Å². The van der Waals surface area contributed by atoms with E-state index in [1.54, 1.807) is 16.8 Å². The molecule has 84 valence electrons. The molecule has 0 saturated heterocycles. The van der Waals surface area contributed by atoms with Gasteiger partial charge in [-0.25, -0.2) is 9.78 Å². The highest BCUT2D eigenvalue weighted by atomic mass is 32.1. The second-order valence-electron chi connectivity index (χ2n) is 3.42. The van der Waals surface area contributed by atoms with Crippen molar-refractivity contribution in [1.29, 1.82) is 0 Å². The van der Waals surface area contributed by atoms with Crippen LogP contribution in [0, 0.1) is 0 Å². The van der Waals surface area contributed by atoms with Crippen LogP contribution in [-0.4, -0.2) is 21.2 Å². The third-order valence-corrected chi connectivity index (χ3v) is 3.16. The molecule has 3 aromatic rings. The molecule has 5 nitrogen and oxygen atoms in total. The highest BCUT2D eigenvalue weighted by Gasteiger charge is 2.12. The van der Waals surface area contributed by atoms with Gasteiger partial charge in [-0.2, -0.15) is 0 Å². The fourth-order valence-electron chi connectivity index (χ4n) is 1.53. The number of carboxylic acid groups (broad SMARTS) is 1. The molecule has 0 spiro atoms. The molecule has 2 heterocycles. The summed E-state index contributed by atoms with van der Waals surface area (Å²) in [6, 6.07) is 7.05. The van der Waals surface area contributed by atoms with Crippen LogP contribution >= 0.6 is 11.3 Å². The Morgan fingerprint density at radius 2 is 2.24 bits per heavy atom. The molecule has 3 rings (SSSR count). The van der Waals surface area contributed by atoms with E-state index in [9.17, 15) is 4.79 Å². The Kier molecular flexibility index (Phi) is 2.15. The van der Waals surface area contributed by atoms with Crippen molar-refractivity contribution in [2.24, 2.45) is 0 Å². The first kappa shape index (κ1) is 9.98. The normalized spacial score (nSPS) is 10.8. The fraction of sp³-hybridized carbons (Fsp3) is 0. The Hall–Kier alpha value is -2.21. The molecule has 0 aliphatic rings. The molecule has 0 atom stereocenters. The number of aromatic carboxylic acids is 1. The van der Waals surface area contributed by atoms with E-state index in [4.69, 9.17) is 9.63 Å². The van der Waals surface area contributed by atoms with Crippen LogP contribution in [0.4, 0.5) is 0 Å². The maximum Gasteiger partial charge on any atom is 0.374 e. The second-order valence-corrected chi connectivity index (χ2v) is 4.30. The van der Waals surface area contributed by atoms with Gasteiger partial charge in [0.2, 0.25) is 5.76 Å². The number of carbonyl (C=O) groups is 1. The number of rotatable bonds is 2. The molecular formula is C11H6N2O3S. The summed E-state index contributed by atoms with van der Waals surface area (Å²) < 4.78 is 5.79. The van der Waals surface area contributed by atoms with Gasteiger partial charge in [0.05, 0.1) is 15.7 Å². The Labute approximate surface area is 99.3 Å². The van der Waals surface area contributed by atoms with Crippen LogP contribution in [0.5, 0.6) is 0 Å². The first-order valence-electron chi connectivity index (χ1n) is 4.78.